The van der Waals surface area contributed by atoms with E-state index >= 15 is 0 Å². The highest BCUT2D eigenvalue weighted by molar-refractivity contribution is 5.67. The van der Waals surface area contributed by atoms with Crippen LogP contribution in [0.3, 0.4) is 0 Å². The molecule has 0 aliphatic heterocycles. The average molecular weight is 312 g/mol. The Bertz CT molecular complexity index is 495. The lowest BCUT2D eigenvalue weighted by molar-refractivity contribution is -0.164. The molecule has 0 aromatic carbocycles. The largest absolute Gasteiger partial charge is 0.458 e. The van der Waals surface area contributed by atoms with Gasteiger partial charge in [-0.05, 0) is 32.4 Å². The van der Waals surface area contributed by atoms with Gasteiger partial charge in [0, 0.05) is 20.3 Å². The SMILES string of the molecule is CC(=O)OC1CC(C)(O)C(OC(C)=O)C=C1C=CC(C)(C)O. The summed E-state index contributed by atoms with van der Waals surface area (Å²) < 4.78 is 10.3. The summed E-state index contributed by atoms with van der Waals surface area (Å²) in [6, 6.07) is 0. The quantitative estimate of drug-likeness (QED) is 0.759. The minimum Gasteiger partial charge on any atom is -0.458 e. The minimum atomic E-state index is -1.35. The van der Waals surface area contributed by atoms with Crippen LogP contribution >= 0.6 is 0 Å². The first-order valence-electron chi connectivity index (χ1n) is 7.11. The molecule has 2 N–H and O–H groups in total. The van der Waals surface area contributed by atoms with Crippen LogP contribution in [0.25, 0.3) is 0 Å². The molecule has 0 amide bonds. The fourth-order valence-electron chi connectivity index (χ4n) is 2.18. The molecular formula is C16H24O6. The first-order chi connectivity index (χ1) is 9.90. The molecule has 1 aliphatic rings. The van der Waals surface area contributed by atoms with Crippen molar-refractivity contribution < 1.29 is 29.3 Å². The third kappa shape index (κ3) is 5.61. The normalized spacial score (nSPS) is 29.1. The predicted octanol–water partition coefficient (Wildman–Crippen LogP) is 1.26. The second-order valence-electron chi connectivity index (χ2n) is 6.34. The van der Waals surface area contributed by atoms with Gasteiger partial charge < -0.3 is 19.7 Å². The Hall–Kier alpha value is -1.66. The van der Waals surface area contributed by atoms with Crippen molar-refractivity contribution in [2.75, 3.05) is 0 Å². The van der Waals surface area contributed by atoms with Crippen molar-refractivity contribution in [1.29, 1.82) is 0 Å². The standard InChI is InChI=1S/C16H24O6/c1-10(17)21-13-9-16(5,20)14(22-11(2)18)8-12(13)6-7-15(3,4)19/h6-8,13-14,19-20H,9H2,1-5H3. The average Bonchev–Trinajstić information content (AvgIpc) is 2.28. The fraction of sp³-hybridized carbons (Fsp3) is 0.625. The Morgan fingerprint density at radius 3 is 2.32 bits per heavy atom. The van der Waals surface area contributed by atoms with E-state index in [2.05, 4.69) is 0 Å². The lowest BCUT2D eigenvalue weighted by Gasteiger charge is -2.38. The van der Waals surface area contributed by atoms with Crippen LogP contribution in [-0.2, 0) is 19.1 Å². The number of hydrogen-bond donors (Lipinski definition) is 2. The zero-order valence-electron chi connectivity index (χ0n) is 13.6. The van der Waals surface area contributed by atoms with Gasteiger partial charge >= 0.3 is 11.9 Å². The van der Waals surface area contributed by atoms with Crippen molar-refractivity contribution in [1.82, 2.24) is 0 Å². The fourth-order valence-corrected chi connectivity index (χ4v) is 2.18. The number of rotatable bonds is 4. The van der Waals surface area contributed by atoms with Crippen LogP contribution in [0.5, 0.6) is 0 Å². The molecule has 0 aromatic heterocycles. The van der Waals surface area contributed by atoms with Gasteiger partial charge in [-0.3, -0.25) is 9.59 Å². The maximum atomic E-state index is 11.2. The molecule has 0 aromatic rings. The van der Waals surface area contributed by atoms with E-state index in [1.165, 1.54) is 20.8 Å². The lowest BCUT2D eigenvalue weighted by Crippen LogP contribution is -2.48. The topological polar surface area (TPSA) is 93.1 Å². The van der Waals surface area contributed by atoms with E-state index in [0.29, 0.717) is 5.57 Å². The predicted molar refractivity (Wildman–Crippen MR) is 79.9 cm³/mol. The van der Waals surface area contributed by atoms with Gasteiger partial charge in [0.2, 0.25) is 0 Å². The van der Waals surface area contributed by atoms with E-state index in [9.17, 15) is 19.8 Å². The number of carbonyl (C=O) groups excluding carboxylic acids is 2. The monoisotopic (exact) mass is 312 g/mol. The molecule has 1 aliphatic carbocycles. The summed E-state index contributed by atoms with van der Waals surface area (Å²) in [7, 11) is 0. The first-order valence-corrected chi connectivity index (χ1v) is 7.11. The number of hydrogen-bond acceptors (Lipinski definition) is 6. The highest BCUT2D eigenvalue weighted by atomic mass is 16.6. The summed E-state index contributed by atoms with van der Waals surface area (Å²) in [6.07, 6.45) is 3.27. The molecule has 0 radical (unpaired) electrons. The highest BCUT2D eigenvalue weighted by Gasteiger charge is 2.41. The number of aliphatic hydroxyl groups is 2. The zero-order chi connectivity index (χ0) is 17.1. The molecule has 6 nitrogen and oxygen atoms in total. The van der Waals surface area contributed by atoms with Crippen molar-refractivity contribution in [3.63, 3.8) is 0 Å². The summed E-state index contributed by atoms with van der Waals surface area (Å²) >= 11 is 0. The lowest BCUT2D eigenvalue weighted by atomic mass is 9.82. The van der Waals surface area contributed by atoms with Crippen LogP contribution in [0.15, 0.2) is 23.8 Å². The number of esters is 2. The van der Waals surface area contributed by atoms with Gasteiger partial charge in [-0.2, -0.15) is 0 Å². The smallest absolute Gasteiger partial charge is 0.303 e. The summed E-state index contributed by atoms with van der Waals surface area (Å²) in [4.78, 5) is 22.4. The number of ether oxygens (including phenoxy) is 2. The Balaban J connectivity index is 3.15. The van der Waals surface area contributed by atoms with Gasteiger partial charge in [0.1, 0.15) is 17.8 Å². The van der Waals surface area contributed by atoms with Crippen LogP contribution in [0.4, 0.5) is 0 Å². The van der Waals surface area contributed by atoms with Crippen LogP contribution < -0.4 is 0 Å². The first kappa shape index (κ1) is 18.4. The van der Waals surface area contributed by atoms with E-state index in [0.717, 1.165) is 0 Å². The van der Waals surface area contributed by atoms with Gasteiger partial charge in [-0.1, -0.05) is 12.2 Å². The third-order valence-electron chi connectivity index (χ3n) is 3.21. The summed E-state index contributed by atoms with van der Waals surface area (Å²) in [5.74, 6) is -0.993. The summed E-state index contributed by atoms with van der Waals surface area (Å²) in [6.45, 7) is 7.27. The maximum Gasteiger partial charge on any atom is 0.303 e. The van der Waals surface area contributed by atoms with Gasteiger partial charge in [-0.15, -0.1) is 0 Å². The van der Waals surface area contributed by atoms with Crippen molar-refractivity contribution in [2.45, 2.75) is 64.4 Å². The highest BCUT2D eigenvalue weighted by Crippen LogP contribution is 2.33. The second-order valence-corrected chi connectivity index (χ2v) is 6.34. The maximum absolute atomic E-state index is 11.2. The molecule has 6 heteroatoms. The molecule has 0 bridgehead atoms. The van der Waals surface area contributed by atoms with Crippen LogP contribution in [-0.4, -0.2) is 45.6 Å². The third-order valence-corrected chi connectivity index (χ3v) is 3.21. The molecule has 0 heterocycles. The Labute approximate surface area is 130 Å². The molecule has 0 spiro atoms. The van der Waals surface area contributed by atoms with Crippen molar-refractivity contribution in [3.05, 3.63) is 23.8 Å². The Morgan fingerprint density at radius 2 is 1.86 bits per heavy atom. The molecular weight excluding hydrogens is 288 g/mol. The van der Waals surface area contributed by atoms with Crippen molar-refractivity contribution in [3.8, 4) is 0 Å². The summed E-state index contributed by atoms with van der Waals surface area (Å²) in [5.41, 5.74) is -1.83. The van der Waals surface area contributed by atoms with E-state index < -0.39 is 35.3 Å². The molecule has 0 fully saturated rings. The van der Waals surface area contributed by atoms with Gasteiger partial charge in [-0.25, -0.2) is 0 Å². The van der Waals surface area contributed by atoms with Gasteiger partial charge in [0.05, 0.1) is 5.60 Å². The zero-order valence-corrected chi connectivity index (χ0v) is 13.6. The second kappa shape index (κ2) is 6.62. The summed E-state index contributed by atoms with van der Waals surface area (Å²) in [5, 5.41) is 20.2. The molecule has 3 unspecified atom stereocenters. The Kier molecular flexibility index (Phi) is 5.54. The molecule has 0 saturated carbocycles. The number of carbonyl (C=O) groups is 2. The molecule has 124 valence electrons. The minimum absolute atomic E-state index is 0.0898. The Morgan fingerprint density at radius 1 is 1.32 bits per heavy atom. The molecule has 3 atom stereocenters. The van der Waals surface area contributed by atoms with Crippen LogP contribution in [0, 0.1) is 0 Å². The van der Waals surface area contributed by atoms with E-state index in [-0.39, 0.29) is 6.42 Å². The van der Waals surface area contributed by atoms with E-state index in [1.54, 1.807) is 32.1 Å². The van der Waals surface area contributed by atoms with E-state index in [4.69, 9.17) is 9.47 Å². The van der Waals surface area contributed by atoms with Crippen molar-refractivity contribution >= 4 is 11.9 Å². The van der Waals surface area contributed by atoms with E-state index in [1.807, 2.05) is 0 Å². The van der Waals surface area contributed by atoms with Gasteiger partial charge in [0.25, 0.3) is 0 Å². The molecule has 0 saturated heterocycles. The van der Waals surface area contributed by atoms with Crippen LogP contribution in [0.2, 0.25) is 0 Å². The van der Waals surface area contributed by atoms with Gasteiger partial charge in [0.15, 0.2) is 0 Å². The van der Waals surface area contributed by atoms with Crippen molar-refractivity contribution in [2.24, 2.45) is 0 Å². The van der Waals surface area contributed by atoms with Crippen LogP contribution in [0.1, 0.15) is 41.0 Å². The molecule has 22 heavy (non-hydrogen) atoms. The molecule has 1 rings (SSSR count).